The number of Topliss-reactive ketones (excluding diaryl/α,β-unsaturated/α-hetero) is 1. The molecular formula is C11H14O2S. The van der Waals surface area contributed by atoms with Gasteiger partial charge < -0.3 is 4.74 Å². The molecule has 76 valence electrons. The maximum Gasteiger partial charge on any atom is 0.176 e. The van der Waals surface area contributed by atoms with E-state index in [4.69, 9.17) is 4.74 Å². The first-order valence-electron chi connectivity index (χ1n) is 4.39. The molecule has 0 atom stereocenters. The van der Waals surface area contributed by atoms with Gasteiger partial charge in [-0.2, -0.15) is 12.6 Å². The van der Waals surface area contributed by atoms with E-state index in [-0.39, 0.29) is 11.5 Å². The van der Waals surface area contributed by atoms with Crippen LogP contribution in [-0.2, 0) is 0 Å². The van der Waals surface area contributed by atoms with Crippen LogP contribution in [0.1, 0.15) is 21.5 Å². The number of hydrogen-bond donors (Lipinski definition) is 1. The molecule has 3 heteroatoms. The molecule has 1 aromatic rings. The Balaban J connectivity index is 3.27. The fourth-order valence-corrected chi connectivity index (χ4v) is 1.43. The van der Waals surface area contributed by atoms with Crippen molar-refractivity contribution in [2.75, 3.05) is 12.9 Å². The maximum absolute atomic E-state index is 11.5. The molecule has 0 aliphatic carbocycles. The molecule has 0 radical (unpaired) electrons. The molecule has 14 heavy (non-hydrogen) atoms. The molecule has 0 bridgehead atoms. The van der Waals surface area contributed by atoms with Crippen LogP contribution in [0.4, 0.5) is 0 Å². The van der Waals surface area contributed by atoms with Crippen molar-refractivity contribution < 1.29 is 9.53 Å². The predicted molar refractivity (Wildman–Crippen MR) is 60.7 cm³/mol. The summed E-state index contributed by atoms with van der Waals surface area (Å²) in [6.07, 6.45) is 0. The first-order chi connectivity index (χ1) is 6.60. The highest BCUT2D eigenvalue weighted by atomic mass is 32.1. The summed E-state index contributed by atoms with van der Waals surface area (Å²) in [7, 11) is 1.57. The van der Waals surface area contributed by atoms with E-state index in [1.54, 1.807) is 7.11 Å². The molecule has 0 unspecified atom stereocenters. The molecule has 0 fully saturated rings. The van der Waals surface area contributed by atoms with Crippen LogP contribution >= 0.6 is 12.6 Å². The van der Waals surface area contributed by atoms with Gasteiger partial charge in [0, 0.05) is 0 Å². The van der Waals surface area contributed by atoms with Crippen LogP contribution in [0.5, 0.6) is 5.75 Å². The second-order valence-corrected chi connectivity index (χ2v) is 3.53. The van der Waals surface area contributed by atoms with Crippen LogP contribution in [0.25, 0.3) is 0 Å². The predicted octanol–water partition coefficient (Wildman–Crippen LogP) is 2.42. The van der Waals surface area contributed by atoms with Gasteiger partial charge in [-0.1, -0.05) is 0 Å². The smallest absolute Gasteiger partial charge is 0.176 e. The van der Waals surface area contributed by atoms with E-state index in [1.165, 1.54) is 0 Å². The molecule has 0 heterocycles. The highest BCUT2D eigenvalue weighted by Crippen LogP contribution is 2.23. The average molecular weight is 210 g/mol. The normalized spacial score (nSPS) is 10.0. The number of aryl methyl sites for hydroxylation is 2. The van der Waals surface area contributed by atoms with Gasteiger partial charge in [0.15, 0.2) is 5.78 Å². The zero-order valence-electron chi connectivity index (χ0n) is 8.63. The number of carbonyl (C=O) groups is 1. The molecule has 0 saturated carbocycles. The Labute approximate surface area is 89.7 Å². The van der Waals surface area contributed by atoms with Gasteiger partial charge in [0.25, 0.3) is 0 Å². The minimum absolute atomic E-state index is 0.00622. The summed E-state index contributed by atoms with van der Waals surface area (Å²) in [6.45, 7) is 3.97. The first-order valence-corrected chi connectivity index (χ1v) is 5.02. The zero-order valence-corrected chi connectivity index (χ0v) is 9.52. The third-order valence-corrected chi connectivity index (χ3v) is 2.55. The van der Waals surface area contributed by atoms with Crippen molar-refractivity contribution in [3.05, 3.63) is 28.8 Å². The van der Waals surface area contributed by atoms with Crippen LogP contribution in [-0.4, -0.2) is 18.6 Å². The molecule has 1 aromatic carbocycles. The Morgan fingerprint density at radius 1 is 1.36 bits per heavy atom. The summed E-state index contributed by atoms with van der Waals surface area (Å²) >= 11 is 3.97. The number of carbonyl (C=O) groups excluding carboxylic acids is 1. The van der Waals surface area contributed by atoms with E-state index in [1.807, 2.05) is 26.0 Å². The second kappa shape index (κ2) is 4.51. The molecule has 0 aliphatic rings. The Morgan fingerprint density at radius 3 is 2.43 bits per heavy atom. The summed E-state index contributed by atoms with van der Waals surface area (Å²) in [5, 5.41) is 0. The third kappa shape index (κ3) is 2.10. The lowest BCUT2D eigenvalue weighted by Crippen LogP contribution is -2.04. The van der Waals surface area contributed by atoms with E-state index in [9.17, 15) is 4.79 Å². The quantitative estimate of drug-likeness (QED) is 0.612. The van der Waals surface area contributed by atoms with Crippen molar-refractivity contribution in [2.45, 2.75) is 13.8 Å². The number of ether oxygens (including phenoxy) is 1. The van der Waals surface area contributed by atoms with E-state index < -0.39 is 0 Å². The van der Waals surface area contributed by atoms with Gasteiger partial charge in [-0.25, -0.2) is 0 Å². The van der Waals surface area contributed by atoms with E-state index in [0.717, 1.165) is 11.1 Å². The minimum Gasteiger partial charge on any atom is -0.496 e. The Morgan fingerprint density at radius 2 is 1.93 bits per heavy atom. The van der Waals surface area contributed by atoms with Crippen molar-refractivity contribution in [1.82, 2.24) is 0 Å². The maximum atomic E-state index is 11.5. The molecule has 0 saturated heterocycles. The molecular weight excluding hydrogens is 196 g/mol. The van der Waals surface area contributed by atoms with Gasteiger partial charge >= 0.3 is 0 Å². The minimum atomic E-state index is -0.00622. The lowest BCUT2D eigenvalue weighted by Gasteiger charge is -2.09. The van der Waals surface area contributed by atoms with Crippen LogP contribution in [0.15, 0.2) is 12.1 Å². The largest absolute Gasteiger partial charge is 0.496 e. The molecule has 0 amide bonds. The average Bonchev–Trinajstić information content (AvgIpc) is 2.20. The lowest BCUT2D eigenvalue weighted by molar-refractivity contribution is 0.102. The van der Waals surface area contributed by atoms with Gasteiger partial charge in [-0.3, -0.25) is 4.79 Å². The van der Waals surface area contributed by atoms with E-state index >= 15 is 0 Å². The topological polar surface area (TPSA) is 26.3 Å². The van der Waals surface area contributed by atoms with Gasteiger partial charge in [0.2, 0.25) is 0 Å². The molecule has 2 nitrogen and oxygen atoms in total. The van der Waals surface area contributed by atoms with Crippen LogP contribution in [0, 0.1) is 13.8 Å². The zero-order chi connectivity index (χ0) is 10.7. The van der Waals surface area contributed by atoms with Crippen molar-refractivity contribution in [3.63, 3.8) is 0 Å². The van der Waals surface area contributed by atoms with E-state index in [0.29, 0.717) is 11.3 Å². The summed E-state index contributed by atoms with van der Waals surface area (Å²) < 4.78 is 5.15. The standard InChI is InChI=1S/C11H14O2S/c1-7-4-9(10(12)6-14)11(13-3)5-8(7)2/h4-5,14H,6H2,1-3H3. The number of ketones is 1. The van der Waals surface area contributed by atoms with Crippen LogP contribution in [0.3, 0.4) is 0 Å². The van der Waals surface area contributed by atoms with Gasteiger partial charge in [-0.15, -0.1) is 0 Å². The lowest BCUT2D eigenvalue weighted by atomic mass is 10.0. The first kappa shape index (κ1) is 11.1. The Kier molecular flexibility index (Phi) is 3.58. The fraction of sp³-hybridized carbons (Fsp3) is 0.364. The van der Waals surface area contributed by atoms with E-state index in [2.05, 4.69) is 12.6 Å². The molecule has 0 N–H and O–H groups in total. The number of hydrogen-bond acceptors (Lipinski definition) is 3. The van der Waals surface area contributed by atoms with Crippen LogP contribution < -0.4 is 4.74 Å². The summed E-state index contributed by atoms with van der Waals surface area (Å²) in [5.74, 6) is 0.833. The SMILES string of the molecule is COc1cc(C)c(C)cc1C(=O)CS. The Hall–Kier alpha value is -0.960. The molecule has 0 aromatic heterocycles. The highest BCUT2D eigenvalue weighted by molar-refractivity contribution is 7.81. The summed E-state index contributed by atoms with van der Waals surface area (Å²) in [5.41, 5.74) is 2.83. The third-order valence-electron chi connectivity index (χ3n) is 2.26. The fourth-order valence-electron chi connectivity index (χ4n) is 1.26. The van der Waals surface area contributed by atoms with Crippen molar-refractivity contribution in [3.8, 4) is 5.75 Å². The van der Waals surface area contributed by atoms with Gasteiger partial charge in [0.1, 0.15) is 5.75 Å². The highest BCUT2D eigenvalue weighted by Gasteiger charge is 2.11. The number of thiol groups is 1. The number of benzene rings is 1. The van der Waals surface area contributed by atoms with Crippen molar-refractivity contribution in [2.24, 2.45) is 0 Å². The Bertz CT molecular complexity index is 359. The monoisotopic (exact) mass is 210 g/mol. The number of rotatable bonds is 3. The number of methoxy groups -OCH3 is 1. The molecule has 0 spiro atoms. The summed E-state index contributed by atoms with van der Waals surface area (Å²) in [6, 6.07) is 3.73. The summed E-state index contributed by atoms with van der Waals surface area (Å²) in [4.78, 5) is 11.5. The van der Waals surface area contributed by atoms with Crippen molar-refractivity contribution in [1.29, 1.82) is 0 Å². The molecule has 1 rings (SSSR count). The van der Waals surface area contributed by atoms with Gasteiger partial charge in [-0.05, 0) is 37.1 Å². The van der Waals surface area contributed by atoms with Crippen molar-refractivity contribution >= 4 is 18.4 Å². The van der Waals surface area contributed by atoms with Crippen LogP contribution in [0.2, 0.25) is 0 Å². The van der Waals surface area contributed by atoms with Gasteiger partial charge in [0.05, 0.1) is 18.4 Å². The second-order valence-electron chi connectivity index (χ2n) is 3.22. The molecule has 0 aliphatic heterocycles.